The lowest BCUT2D eigenvalue weighted by Crippen LogP contribution is -2.38. The first-order valence-electron chi connectivity index (χ1n) is 6.91. The molecule has 21 heavy (non-hydrogen) atoms. The minimum absolute atomic E-state index is 0.113. The molecule has 5 nitrogen and oxygen atoms in total. The highest BCUT2D eigenvalue weighted by Gasteiger charge is 2.13. The van der Waals surface area contributed by atoms with Gasteiger partial charge in [-0.05, 0) is 44.0 Å². The summed E-state index contributed by atoms with van der Waals surface area (Å²) in [6, 6.07) is 1.89. The van der Waals surface area contributed by atoms with Gasteiger partial charge in [-0.2, -0.15) is 0 Å². The molecule has 0 atom stereocenters. The molecule has 0 fully saturated rings. The second kappa shape index (κ2) is 8.59. The molecule has 0 saturated carbocycles. The van der Waals surface area contributed by atoms with Crippen molar-refractivity contribution in [1.29, 1.82) is 0 Å². The Hall–Kier alpha value is -1.66. The number of carbonyl (C=O) groups excluding carboxylic acids is 1. The van der Waals surface area contributed by atoms with Gasteiger partial charge < -0.3 is 10.0 Å². The fourth-order valence-corrected chi connectivity index (χ4v) is 2.94. The molecule has 1 aromatic rings. The van der Waals surface area contributed by atoms with Crippen LogP contribution in [0.2, 0.25) is 0 Å². The van der Waals surface area contributed by atoms with Gasteiger partial charge >= 0.3 is 5.97 Å². The second-order valence-corrected chi connectivity index (χ2v) is 5.71. The molecular formula is C15H22N2O3S. The summed E-state index contributed by atoms with van der Waals surface area (Å²) in [6.07, 6.45) is 2.72. The van der Waals surface area contributed by atoms with E-state index in [-0.39, 0.29) is 5.91 Å². The van der Waals surface area contributed by atoms with Crippen LogP contribution < -0.4 is 0 Å². The van der Waals surface area contributed by atoms with Crippen molar-refractivity contribution in [3.05, 3.63) is 28.0 Å². The standard InChI is InChI=1S/C15H22N2O3S/c1-4-17(5-2)14(18)11-16(3)10-13-12(8-9-21-13)6-7-15(19)20/h6-9H,4-5,10-11H2,1-3H3,(H,19,20). The summed E-state index contributed by atoms with van der Waals surface area (Å²) in [7, 11) is 1.89. The fraction of sp³-hybridized carbons (Fsp3) is 0.467. The van der Waals surface area contributed by atoms with Crippen molar-refractivity contribution in [3.8, 4) is 0 Å². The van der Waals surface area contributed by atoms with Crippen LogP contribution >= 0.6 is 11.3 Å². The molecule has 0 saturated heterocycles. The summed E-state index contributed by atoms with van der Waals surface area (Å²) in [5.41, 5.74) is 0.893. The molecule has 0 aliphatic carbocycles. The van der Waals surface area contributed by atoms with Crippen LogP contribution in [0, 0.1) is 0 Å². The third-order valence-electron chi connectivity index (χ3n) is 3.12. The summed E-state index contributed by atoms with van der Waals surface area (Å²) in [6.45, 7) is 6.36. The van der Waals surface area contributed by atoms with E-state index in [2.05, 4.69) is 0 Å². The topological polar surface area (TPSA) is 60.9 Å². The molecule has 0 aliphatic rings. The van der Waals surface area contributed by atoms with Gasteiger partial charge in [-0.25, -0.2) is 4.79 Å². The van der Waals surface area contributed by atoms with Gasteiger partial charge in [0.15, 0.2) is 0 Å². The number of rotatable bonds is 8. The van der Waals surface area contributed by atoms with Crippen molar-refractivity contribution in [2.24, 2.45) is 0 Å². The lowest BCUT2D eigenvalue weighted by Gasteiger charge is -2.22. The van der Waals surface area contributed by atoms with Crippen molar-refractivity contribution < 1.29 is 14.7 Å². The number of amides is 1. The van der Waals surface area contributed by atoms with E-state index >= 15 is 0 Å². The molecule has 1 heterocycles. The molecule has 0 bridgehead atoms. The zero-order valence-corrected chi connectivity index (χ0v) is 13.5. The Balaban J connectivity index is 2.63. The smallest absolute Gasteiger partial charge is 0.328 e. The molecule has 0 aliphatic heterocycles. The predicted octanol–water partition coefficient (Wildman–Crippen LogP) is 2.15. The molecular weight excluding hydrogens is 288 g/mol. The van der Waals surface area contributed by atoms with E-state index in [1.165, 1.54) is 0 Å². The third kappa shape index (κ3) is 5.69. The number of aliphatic carboxylic acids is 1. The highest BCUT2D eigenvalue weighted by molar-refractivity contribution is 7.10. The number of hydrogen-bond acceptors (Lipinski definition) is 4. The molecule has 1 rings (SSSR count). The van der Waals surface area contributed by atoms with Crippen LogP contribution in [0.1, 0.15) is 24.3 Å². The van der Waals surface area contributed by atoms with Crippen molar-refractivity contribution in [2.45, 2.75) is 20.4 Å². The van der Waals surface area contributed by atoms with Crippen LogP contribution in [-0.2, 0) is 16.1 Å². The highest BCUT2D eigenvalue weighted by atomic mass is 32.1. The number of likely N-dealkylation sites (N-methyl/N-ethyl adjacent to an activating group) is 2. The molecule has 1 aromatic heterocycles. The first-order chi connectivity index (χ1) is 9.97. The van der Waals surface area contributed by atoms with E-state index in [1.807, 2.05) is 37.2 Å². The molecule has 1 N–H and O–H groups in total. The van der Waals surface area contributed by atoms with Crippen molar-refractivity contribution in [2.75, 3.05) is 26.7 Å². The van der Waals surface area contributed by atoms with Gasteiger partial charge in [-0.1, -0.05) is 0 Å². The van der Waals surface area contributed by atoms with Crippen molar-refractivity contribution in [1.82, 2.24) is 9.80 Å². The van der Waals surface area contributed by atoms with E-state index in [0.29, 0.717) is 13.1 Å². The lowest BCUT2D eigenvalue weighted by molar-refractivity contribution is -0.132. The number of nitrogens with zero attached hydrogens (tertiary/aromatic N) is 2. The van der Waals surface area contributed by atoms with E-state index in [0.717, 1.165) is 29.6 Å². The lowest BCUT2D eigenvalue weighted by atomic mass is 10.2. The first-order valence-corrected chi connectivity index (χ1v) is 7.79. The Kier molecular flexibility index (Phi) is 7.11. The molecule has 116 valence electrons. The average Bonchev–Trinajstić information content (AvgIpc) is 2.84. The second-order valence-electron chi connectivity index (χ2n) is 4.71. The molecule has 0 radical (unpaired) electrons. The Morgan fingerprint density at radius 3 is 2.57 bits per heavy atom. The predicted molar refractivity (Wildman–Crippen MR) is 85.3 cm³/mol. The normalized spacial score (nSPS) is 11.2. The van der Waals surface area contributed by atoms with Gasteiger partial charge in [0.05, 0.1) is 6.54 Å². The van der Waals surface area contributed by atoms with Gasteiger partial charge in [0.2, 0.25) is 5.91 Å². The van der Waals surface area contributed by atoms with E-state index in [1.54, 1.807) is 22.3 Å². The average molecular weight is 310 g/mol. The minimum atomic E-state index is -0.961. The van der Waals surface area contributed by atoms with Gasteiger partial charge in [-0.15, -0.1) is 11.3 Å². The van der Waals surface area contributed by atoms with Crippen LogP contribution in [0.3, 0.4) is 0 Å². The van der Waals surface area contributed by atoms with Crippen LogP contribution in [-0.4, -0.2) is 53.5 Å². The summed E-state index contributed by atoms with van der Waals surface area (Å²) >= 11 is 1.57. The van der Waals surface area contributed by atoms with Crippen LogP contribution in [0.15, 0.2) is 17.5 Å². The Bertz CT molecular complexity index is 507. The molecule has 0 spiro atoms. The van der Waals surface area contributed by atoms with Gasteiger partial charge in [0.25, 0.3) is 0 Å². The van der Waals surface area contributed by atoms with Crippen LogP contribution in [0.5, 0.6) is 0 Å². The summed E-state index contributed by atoms with van der Waals surface area (Å²) in [5.74, 6) is -0.848. The van der Waals surface area contributed by atoms with Gasteiger partial charge in [-0.3, -0.25) is 9.69 Å². The van der Waals surface area contributed by atoms with Crippen molar-refractivity contribution >= 4 is 29.3 Å². The SMILES string of the molecule is CCN(CC)C(=O)CN(C)Cc1sccc1C=CC(=O)O. The number of carboxylic acids is 1. The Morgan fingerprint density at radius 1 is 1.33 bits per heavy atom. The Morgan fingerprint density at radius 2 is 2.00 bits per heavy atom. The molecule has 6 heteroatoms. The van der Waals surface area contributed by atoms with Gasteiger partial charge in [0, 0.05) is 30.6 Å². The third-order valence-corrected chi connectivity index (χ3v) is 4.04. The van der Waals surface area contributed by atoms with E-state index < -0.39 is 5.97 Å². The minimum Gasteiger partial charge on any atom is -0.478 e. The fourth-order valence-electron chi connectivity index (χ4n) is 2.00. The zero-order chi connectivity index (χ0) is 15.8. The summed E-state index contributed by atoms with van der Waals surface area (Å²) in [5, 5.41) is 10.6. The quantitative estimate of drug-likeness (QED) is 0.747. The van der Waals surface area contributed by atoms with E-state index in [4.69, 9.17) is 5.11 Å². The Labute approximate surface area is 129 Å². The highest BCUT2D eigenvalue weighted by Crippen LogP contribution is 2.20. The van der Waals surface area contributed by atoms with E-state index in [9.17, 15) is 9.59 Å². The van der Waals surface area contributed by atoms with Crippen LogP contribution in [0.4, 0.5) is 0 Å². The maximum atomic E-state index is 12.0. The zero-order valence-electron chi connectivity index (χ0n) is 12.7. The van der Waals surface area contributed by atoms with Gasteiger partial charge in [0.1, 0.15) is 0 Å². The maximum absolute atomic E-state index is 12.0. The number of carbonyl (C=O) groups is 2. The monoisotopic (exact) mass is 310 g/mol. The number of carboxylic acid groups (broad SMARTS) is 1. The molecule has 0 aromatic carbocycles. The molecule has 0 unspecified atom stereocenters. The maximum Gasteiger partial charge on any atom is 0.328 e. The summed E-state index contributed by atoms with van der Waals surface area (Å²) < 4.78 is 0. The molecule has 1 amide bonds. The summed E-state index contributed by atoms with van der Waals surface area (Å²) in [4.78, 5) is 27.4. The first kappa shape index (κ1) is 17.4. The number of thiophene rings is 1. The largest absolute Gasteiger partial charge is 0.478 e. The number of hydrogen-bond donors (Lipinski definition) is 1. The van der Waals surface area contributed by atoms with Crippen molar-refractivity contribution in [3.63, 3.8) is 0 Å². The van der Waals surface area contributed by atoms with Crippen LogP contribution in [0.25, 0.3) is 6.08 Å².